The highest BCUT2D eigenvalue weighted by atomic mass is 16.1. The summed E-state index contributed by atoms with van der Waals surface area (Å²) in [5, 5.41) is 9.86. The highest BCUT2D eigenvalue weighted by Crippen LogP contribution is 2.25. The topological polar surface area (TPSA) is 83.8 Å². The van der Waals surface area contributed by atoms with Gasteiger partial charge in [0.05, 0.1) is 11.6 Å². The Morgan fingerprint density at radius 2 is 2.14 bits per heavy atom. The Labute approximate surface area is 123 Å². The molecule has 3 rings (SSSR count). The highest BCUT2D eigenvalue weighted by Gasteiger charge is 2.28. The number of benzene rings is 1. The fourth-order valence-electron chi connectivity index (χ4n) is 2.90. The Balaban J connectivity index is 1.73. The van der Waals surface area contributed by atoms with Gasteiger partial charge in [0.2, 0.25) is 5.91 Å². The number of nitrogens with two attached hydrogens (primary N) is 1. The Bertz CT molecular complexity index is 608. The molecule has 0 spiro atoms. The van der Waals surface area contributed by atoms with E-state index >= 15 is 0 Å². The van der Waals surface area contributed by atoms with E-state index in [1.165, 1.54) is 0 Å². The third-order valence-corrected chi connectivity index (χ3v) is 4.10. The first-order valence-corrected chi connectivity index (χ1v) is 7.40. The monoisotopic (exact) mass is 284 g/mol. The van der Waals surface area contributed by atoms with Crippen LogP contribution < -0.4 is 11.1 Å². The van der Waals surface area contributed by atoms with Crippen molar-refractivity contribution < 1.29 is 4.79 Å². The van der Waals surface area contributed by atoms with Gasteiger partial charge in [-0.25, -0.2) is 0 Å². The quantitative estimate of drug-likeness (QED) is 0.809. The van der Waals surface area contributed by atoms with Gasteiger partial charge in [-0.1, -0.05) is 25.0 Å². The molecule has 2 unspecified atom stereocenters. The Morgan fingerprint density at radius 3 is 2.90 bits per heavy atom. The van der Waals surface area contributed by atoms with Crippen LogP contribution in [-0.2, 0) is 4.79 Å². The minimum Gasteiger partial charge on any atom is -0.327 e. The summed E-state index contributed by atoms with van der Waals surface area (Å²) < 4.78 is 0. The summed E-state index contributed by atoms with van der Waals surface area (Å²) in [5.74, 6) is -0.0430. The predicted octanol–water partition coefficient (Wildman–Crippen LogP) is 2.53. The number of nitrogens with one attached hydrogen (secondary N) is 2. The lowest BCUT2D eigenvalue weighted by Crippen LogP contribution is -2.40. The van der Waals surface area contributed by atoms with Gasteiger partial charge < -0.3 is 11.1 Å². The van der Waals surface area contributed by atoms with E-state index in [-0.39, 0.29) is 17.9 Å². The van der Waals surface area contributed by atoms with Gasteiger partial charge in [-0.2, -0.15) is 5.10 Å². The fraction of sp³-hybridized carbons (Fsp3) is 0.375. The zero-order valence-corrected chi connectivity index (χ0v) is 11.9. The van der Waals surface area contributed by atoms with E-state index in [9.17, 15) is 4.79 Å². The number of H-pyrrole nitrogens is 1. The van der Waals surface area contributed by atoms with Gasteiger partial charge >= 0.3 is 0 Å². The summed E-state index contributed by atoms with van der Waals surface area (Å²) in [7, 11) is 0. The van der Waals surface area contributed by atoms with E-state index < -0.39 is 0 Å². The van der Waals surface area contributed by atoms with Crippen LogP contribution in [0.15, 0.2) is 36.5 Å². The molecule has 0 bridgehead atoms. The second kappa shape index (κ2) is 6.10. The molecule has 0 saturated heterocycles. The molecule has 21 heavy (non-hydrogen) atoms. The SMILES string of the molecule is NC1CCCCC1C(=O)Nc1cccc(-c2ccn[nH]2)c1. The van der Waals surface area contributed by atoms with Gasteiger partial charge in [0.1, 0.15) is 0 Å². The normalized spacial score (nSPS) is 22.0. The second-order valence-corrected chi connectivity index (χ2v) is 5.60. The van der Waals surface area contributed by atoms with E-state index in [1.54, 1.807) is 6.20 Å². The van der Waals surface area contributed by atoms with Crippen molar-refractivity contribution in [2.24, 2.45) is 11.7 Å². The summed E-state index contributed by atoms with van der Waals surface area (Å²) in [4.78, 5) is 12.4. The highest BCUT2D eigenvalue weighted by molar-refractivity contribution is 5.93. The van der Waals surface area contributed by atoms with Crippen LogP contribution in [0, 0.1) is 5.92 Å². The standard InChI is InChI=1S/C16H20N4O/c17-14-7-2-1-6-13(14)16(21)19-12-5-3-4-11(10-12)15-8-9-18-20-15/h3-5,8-10,13-14H,1-2,6-7,17H2,(H,18,20)(H,19,21). The van der Waals surface area contributed by atoms with Gasteiger partial charge in [-0.15, -0.1) is 0 Å². The van der Waals surface area contributed by atoms with Crippen LogP contribution in [0.4, 0.5) is 5.69 Å². The third-order valence-electron chi connectivity index (χ3n) is 4.10. The van der Waals surface area contributed by atoms with Crippen molar-refractivity contribution in [3.63, 3.8) is 0 Å². The Kier molecular flexibility index (Phi) is 4.01. The maximum Gasteiger partial charge on any atom is 0.229 e. The lowest BCUT2D eigenvalue weighted by Gasteiger charge is -2.27. The van der Waals surface area contributed by atoms with Crippen molar-refractivity contribution >= 4 is 11.6 Å². The van der Waals surface area contributed by atoms with Crippen LogP contribution in [0.5, 0.6) is 0 Å². The minimum atomic E-state index is -0.0745. The zero-order valence-electron chi connectivity index (χ0n) is 11.9. The molecule has 4 N–H and O–H groups in total. The van der Waals surface area contributed by atoms with Crippen LogP contribution >= 0.6 is 0 Å². The number of amides is 1. The van der Waals surface area contributed by atoms with Crippen molar-refractivity contribution in [2.75, 3.05) is 5.32 Å². The molecule has 1 heterocycles. The number of carbonyl (C=O) groups is 1. The van der Waals surface area contributed by atoms with Crippen LogP contribution in [0.25, 0.3) is 11.3 Å². The molecule has 110 valence electrons. The summed E-state index contributed by atoms with van der Waals surface area (Å²) in [5.41, 5.74) is 8.79. The molecule has 5 heteroatoms. The van der Waals surface area contributed by atoms with Crippen molar-refractivity contribution in [2.45, 2.75) is 31.7 Å². The number of carbonyl (C=O) groups excluding carboxylic acids is 1. The van der Waals surface area contributed by atoms with Gasteiger partial charge in [-0.05, 0) is 31.0 Å². The number of nitrogens with zero attached hydrogens (tertiary/aromatic N) is 1. The third kappa shape index (κ3) is 3.13. The summed E-state index contributed by atoms with van der Waals surface area (Å²) in [6.45, 7) is 0. The zero-order chi connectivity index (χ0) is 14.7. The number of aromatic nitrogens is 2. The molecule has 2 aromatic rings. The molecule has 0 aliphatic heterocycles. The first-order chi connectivity index (χ1) is 10.2. The molecule has 1 amide bonds. The van der Waals surface area contributed by atoms with E-state index in [1.807, 2.05) is 30.3 Å². The first kappa shape index (κ1) is 13.8. The van der Waals surface area contributed by atoms with Gasteiger partial charge in [-0.3, -0.25) is 9.89 Å². The molecule has 1 fully saturated rings. The van der Waals surface area contributed by atoms with E-state index in [0.29, 0.717) is 0 Å². The Morgan fingerprint density at radius 1 is 1.29 bits per heavy atom. The average molecular weight is 284 g/mol. The molecule has 5 nitrogen and oxygen atoms in total. The molecule has 1 aliphatic rings. The van der Waals surface area contributed by atoms with E-state index in [0.717, 1.165) is 42.6 Å². The van der Waals surface area contributed by atoms with Crippen molar-refractivity contribution in [3.8, 4) is 11.3 Å². The average Bonchev–Trinajstić information content (AvgIpc) is 3.02. The summed E-state index contributed by atoms with van der Waals surface area (Å²) >= 11 is 0. The second-order valence-electron chi connectivity index (χ2n) is 5.60. The molecule has 1 aromatic heterocycles. The molecule has 1 saturated carbocycles. The van der Waals surface area contributed by atoms with E-state index in [2.05, 4.69) is 15.5 Å². The predicted molar refractivity (Wildman–Crippen MR) is 82.6 cm³/mol. The van der Waals surface area contributed by atoms with E-state index in [4.69, 9.17) is 5.73 Å². The van der Waals surface area contributed by atoms with Gasteiger partial charge in [0, 0.05) is 23.5 Å². The summed E-state index contributed by atoms with van der Waals surface area (Å²) in [6.07, 6.45) is 5.74. The molecule has 2 atom stereocenters. The number of aromatic amines is 1. The molecule has 0 radical (unpaired) electrons. The molecule has 1 aromatic carbocycles. The van der Waals surface area contributed by atoms with Crippen molar-refractivity contribution in [1.29, 1.82) is 0 Å². The fourth-order valence-corrected chi connectivity index (χ4v) is 2.90. The molecular formula is C16H20N4O. The molecular weight excluding hydrogens is 264 g/mol. The number of anilines is 1. The van der Waals surface area contributed by atoms with Gasteiger partial charge in [0.25, 0.3) is 0 Å². The van der Waals surface area contributed by atoms with Crippen molar-refractivity contribution in [3.05, 3.63) is 36.5 Å². The van der Waals surface area contributed by atoms with Crippen LogP contribution in [-0.4, -0.2) is 22.1 Å². The lowest BCUT2D eigenvalue weighted by molar-refractivity contribution is -0.121. The van der Waals surface area contributed by atoms with Crippen molar-refractivity contribution in [1.82, 2.24) is 10.2 Å². The lowest BCUT2D eigenvalue weighted by atomic mass is 9.84. The van der Waals surface area contributed by atoms with Crippen LogP contribution in [0.1, 0.15) is 25.7 Å². The Hall–Kier alpha value is -2.14. The van der Waals surface area contributed by atoms with Crippen LogP contribution in [0.2, 0.25) is 0 Å². The smallest absolute Gasteiger partial charge is 0.229 e. The number of hydrogen-bond donors (Lipinski definition) is 3. The maximum atomic E-state index is 12.4. The van der Waals surface area contributed by atoms with Crippen LogP contribution in [0.3, 0.4) is 0 Å². The number of hydrogen-bond acceptors (Lipinski definition) is 3. The number of rotatable bonds is 3. The minimum absolute atomic E-state index is 0.0189. The van der Waals surface area contributed by atoms with Gasteiger partial charge in [0.15, 0.2) is 0 Å². The molecule has 1 aliphatic carbocycles. The maximum absolute atomic E-state index is 12.4. The largest absolute Gasteiger partial charge is 0.327 e. The first-order valence-electron chi connectivity index (χ1n) is 7.40. The summed E-state index contributed by atoms with van der Waals surface area (Å²) in [6, 6.07) is 9.63.